The summed E-state index contributed by atoms with van der Waals surface area (Å²) in [5.74, 6) is 0. The molecule has 3 aromatic rings. The van der Waals surface area contributed by atoms with Crippen molar-refractivity contribution in [3.8, 4) is 11.3 Å². The summed E-state index contributed by atoms with van der Waals surface area (Å²) in [7, 11) is 0. The van der Waals surface area contributed by atoms with E-state index < -0.39 is 0 Å². The minimum absolute atomic E-state index is 0.593. The highest BCUT2D eigenvalue weighted by Crippen LogP contribution is 2.31. The van der Waals surface area contributed by atoms with E-state index in [-0.39, 0.29) is 0 Å². The van der Waals surface area contributed by atoms with E-state index in [0.29, 0.717) is 20.6 Å². The van der Waals surface area contributed by atoms with Crippen LogP contribution < -0.4 is 0 Å². The number of rotatable bonds is 1. The molecular formula is C15H8Cl3N. The van der Waals surface area contributed by atoms with Crippen molar-refractivity contribution in [3.05, 3.63) is 63.6 Å². The molecule has 4 heteroatoms. The maximum atomic E-state index is 6.29. The zero-order valence-corrected chi connectivity index (χ0v) is 12.0. The first kappa shape index (κ1) is 12.7. The van der Waals surface area contributed by atoms with Gasteiger partial charge in [-0.25, -0.2) is 4.98 Å². The van der Waals surface area contributed by atoms with E-state index >= 15 is 0 Å². The summed E-state index contributed by atoms with van der Waals surface area (Å²) in [5, 5.41) is 2.77. The summed E-state index contributed by atoms with van der Waals surface area (Å²) in [6, 6.07) is 14.9. The normalized spacial score (nSPS) is 10.9. The average Bonchev–Trinajstić information content (AvgIpc) is 2.41. The molecule has 0 saturated carbocycles. The van der Waals surface area contributed by atoms with Gasteiger partial charge < -0.3 is 0 Å². The van der Waals surface area contributed by atoms with Crippen molar-refractivity contribution in [2.45, 2.75) is 0 Å². The van der Waals surface area contributed by atoms with Crippen LogP contribution in [0.2, 0.25) is 15.1 Å². The molecule has 0 aliphatic carbocycles. The highest BCUT2D eigenvalue weighted by Gasteiger charge is 2.08. The van der Waals surface area contributed by atoms with Crippen molar-refractivity contribution in [2.24, 2.45) is 0 Å². The predicted octanol–water partition coefficient (Wildman–Crippen LogP) is 5.86. The fourth-order valence-corrected chi connectivity index (χ4v) is 2.54. The van der Waals surface area contributed by atoms with Crippen LogP contribution in [0.15, 0.2) is 48.5 Å². The molecule has 0 aliphatic rings. The largest absolute Gasteiger partial charge is 0.246 e. The van der Waals surface area contributed by atoms with Crippen LogP contribution in [0.25, 0.3) is 22.2 Å². The molecule has 0 unspecified atom stereocenters. The highest BCUT2D eigenvalue weighted by molar-refractivity contribution is 6.39. The van der Waals surface area contributed by atoms with Crippen LogP contribution in [0.4, 0.5) is 0 Å². The van der Waals surface area contributed by atoms with Crippen molar-refractivity contribution in [2.75, 3.05) is 0 Å². The van der Waals surface area contributed by atoms with Gasteiger partial charge in [-0.3, -0.25) is 0 Å². The van der Waals surface area contributed by atoms with E-state index in [1.54, 1.807) is 6.07 Å². The monoisotopic (exact) mass is 307 g/mol. The fourth-order valence-electron chi connectivity index (χ4n) is 1.94. The molecule has 1 heterocycles. The SMILES string of the molecule is Clc1ccc(-c2cc(Cl)c3cccc(Cl)c3n2)cc1. The Morgan fingerprint density at radius 2 is 1.53 bits per heavy atom. The smallest absolute Gasteiger partial charge is 0.0910 e. The molecule has 0 amide bonds. The number of halogens is 3. The van der Waals surface area contributed by atoms with E-state index in [1.807, 2.05) is 42.5 Å². The van der Waals surface area contributed by atoms with Gasteiger partial charge in [0.05, 0.1) is 21.3 Å². The Morgan fingerprint density at radius 3 is 2.26 bits per heavy atom. The average molecular weight is 309 g/mol. The van der Waals surface area contributed by atoms with Gasteiger partial charge in [0, 0.05) is 16.0 Å². The number of nitrogens with zero attached hydrogens (tertiary/aromatic N) is 1. The van der Waals surface area contributed by atoms with Crippen molar-refractivity contribution >= 4 is 45.7 Å². The predicted molar refractivity (Wildman–Crippen MR) is 82.2 cm³/mol. The lowest BCUT2D eigenvalue weighted by Crippen LogP contribution is -1.87. The number of fused-ring (bicyclic) bond motifs is 1. The van der Waals surface area contributed by atoms with E-state index in [4.69, 9.17) is 34.8 Å². The van der Waals surface area contributed by atoms with Gasteiger partial charge in [0.15, 0.2) is 0 Å². The zero-order valence-electron chi connectivity index (χ0n) is 9.70. The third-order valence-corrected chi connectivity index (χ3v) is 3.75. The van der Waals surface area contributed by atoms with Gasteiger partial charge in [-0.1, -0.05) is 59.1 Å². The van der Waals surface area contributed by atoms with E-state index in [0.717, 1.165) is 16.6 Å². The molecule has 0 aliphatic heterocycles. The summed E-state index contributed by atoms with van der Waals surface area (Å²) < 4.78 is 0. The summed E-state index contributed by atoms with van der Waals surface area (Å²) in [4.78, 5) is 4.58. The Hall–Kier alpha value is -1.28. The van der Waals surface area contributed by atoms with Crippen molar-refractivity contribution < 1.29 is 0 Å². The minimum Gasteiger partial charge on any atom is -0.246 e. The molecule has 19 heavy (non-hydrogen) atoms. The van der Waals surface area contributed by atoms with Crippen molar-refractivity contribution in [1.82, 2.24) is 4.98 Å². The molecule has 1 nitrogen and oxygen atoms in total. The standard InChI is InChI=1S/C15H8Cl3N/c16-10-6-4-9(5-7-10)14-8-13(18)11-2-1-3-12(17)15(11)19-14/h1-8H. The van der Waals surface area contributed by atoms with E-state index in [9.17, 15) is 0 Å². The third kappa shape index (κ3) is 2.42. The Kier molecular flexibility index (Phi) is 3.36. The molecular weight excluding hydrogens is 301 g/mol. The van der Waals surface area contributed by atoms with Crippen LogP contribution in [-0.4, -0.2) is 4.98 Å². The Morgan fingerprint density at radius 1 is 0.789 bits per heavy atom. The summed E-state index contributed by atoms with van der Waals surface area (Å²) in [6.07, 6.45) is 0. The summed E-state index contributed by atoms with van der Waals surface area (Å²) in [5.41, 5.74) is 2.44. The van der Waals surface area contributed by atoms with Crippen LogP contribution in [0.5, 0.6) is 0 Å². The molecule has 94 valence electrons. The molecule has 0 spiro atoms. The molecule has 0 N–H and O–H groups in total. The molecule has 0 bridgehead atoms. The Balaban J connectivity index is 2.25. The Bertz CT molecular complexity index is 751. The van der Waals surface area contributed by atoms with E-state index in [2.05, 4.69) is 4.98 Å². The maximum absolute atomic E-state index is 6.29. The quantitative estimate of drug-likeness (QED) is 0.548. The zero-order chi connectivity index (χ0) is 13.4. The van der Waals surface area contributed by atoms with Crippen molar-refractivity contribution in [3.63, 3.8) is 0 Å². The van der Waals surface area contributed by atoms with Gasteiger partial charge in [0.25, 0.3) is 0 Å². The lowest BCUT2D eigenvalue weighted by atomic mass is 10.1. The second kappa shape index (κ2) is 5.01. The third-order valence-electron chi connectivity index (χ3n) is 2.88. The van der Waals surface area contributed by atoms with Crippen molar-refractivity contribution in [1.29, 1.82) is 0 Å². The number of hydrogen-bond donors (Lipinski definition) is 0. The highest BCUT2D eigenvalue weighted by atomic mass is 35.5. The second-order valence-corrected chi connectivity index (χ2v) is 5.38. The summed E-state index contributed by atoms with van der Waals surface area (Å²) >= 11 is 18.3. The van der Waals surface area contributed by atoms with Gasteiger partial charge in [-0.05, 0) is 24.3 Å². The van der Waals surface area contributed by atoms with Gasteiger partial charge in [0.1, 0.15) is 0 Å². The van der Waals surface area contributed by atoms with Gasteiger partial charge >= 0.3 is 0 Å². The fraction of sp³-hybridized carbons (Fsp3) is 0. The molecule has 0 atom stereocenters. The van der Waals surface area contributed by atoms with Crippen LogP contribution in [0, 0.1) is 0 Å². The van der Waals surface area contributed by atoms with Crippen LogP contribution in [0.1, 0.15) is 0 Å². The number of aromatic nitrogens is 1. The number of para-hydroxylation sites is 1. The number of benzene rings is 2. The van der Waals surface area contributed by atoms with E-state index in [1.165, 1.54) is 0 Å². The Labute approximate surface area is 125 Å². The van der Waals surface area contributed by atoms with Gasteiger partial charge in [-0.15, -0.1) is 0 Å². The van der Waals surface area contributed by atoms with Gasteiger partial charge in [-0.2, -0.15) is 0 Å². The second-order valence-electron chi connectivity index (χ2n) is 4.13. The molecule has 0 fully saturated rings. The molecule has 0 saturated heterocycles. The minimum atomic E-state index is 0.593. The lowest BCUT2D eigenvalue weighted by molar-refractivity contribution is 1.40. The number of pyridine rings is 1. The first-order valence-corrected chi connectivity index (χ1v) is 6.79. The maximum Gasteiger partial charge on any atom is 0.0910 e. The molecule has 0 radical (unpaired) electrons. The summed E-state index contributed by atoms with van der Waals surface area (Å²) in [6.45, 7) is 0. The van der Waals surface area contributed by atoms with Crippen LogP contribution in [-0.2, 0) is 0 Å². The number of hydrogen-bond acceptors (Lipinski definition) is 1. The topological polar surface area (TPSA) is 12.9 Å². The first-order chi connectivity index (χ1) is 9.15. The molecule has 1 aromatic heterocycles. The molecule has 2 aromatic carbocycles. The van der Waals surface area contributed by atoms with Gasteiger partial charge in [0.2, 0.25) is 0 Å². The first-order valence-electron chi connectivity index (χ1n) is 5.66. The molecule has 3 rings (SSSR count). The van der Waals surface area contributed by atoms with Crippen LogP contribution in [0.3, 0.4) is 0 Å². The van der Waals surface area contributed by atoms with Crippen LogP contribution >= 0.6 is 34.8 Å². The lowest BCUT2D eigenvalue weighted by Gasteiger charge is -2.07.